The van der Waals surface area contributed by atoms with E-state index in [2.05, 4.69) is 11.9 Å². The first-order valence-corrected chi connectivity index (χ1v) is 6.25. The number of hydrogen-bond donors (Lipinski definition) is 1. The molecular formula is C14H19NO3. The zero-order valence-corrected chi connectivity index (χ0v) is 10.8. The van der Waals surface area contributed by atoms with Crippen LogP contribution < -0.4 is 0 Å². The SMILES string of the molecule is CCOC(=O)C(O)c1cccc(C2CN(C)C2)c1. The Balaban J connectivity index is 2.09. The number of hydrogen-bond acceptors (Lipinski definition) is 4. The molecule has 1 fully saturated rings. The van der Waals surface area contributed by atoms with Gasteiger partial charge in [0.05, 0.1) is 6.61 Å². The smallest absolute Gasteiger partial charge is 0.339 e. The lowest BCUT2D eigenvalue weighted by Crippen LogP contribution is -2.41. The Kier molecular flexibility index (Phi) is 3.99. The molecule has 0 amide bonds. The molecule has 1 aliphatic rings. The van der Waals surface area contributed by atoms with Crippen molar-refractivity contribution in [2.24, 2.45) is 0 Å². The highest BCUT2D eigenvalue weighted by molar-refractivity contribution is 5.76. The monoisotopic (exact) mass is 249 g/mol. The molecule has 1 heterocycles. The first-order chi connectivity index (χ1) is 8.61. The van der Waals surface area contributed by atoms with Crippen LogP contribution in [0.2, 0.25) is 0 Å². The minimum Gasteiger partial charge on any atom is -0.464 e. The molecule has 18 heavy (non-hydrogen) atoms. The lowest BCUT2D eigenvalue weighted by atomic mass is 9.90. The summed E-state index contributed by atoms with van der Waals surface area (Å²) in [6.45, 7) is 4.06. The van der Waals surface area contributed by atoms with Gasteiger partial charge < -0.3 is 14.7 Å². The van der Waals surface area contributed by atoms with Crippen molar-refractivity contribution < 1.29 is 14.6 Å². The number of aliphatic hydroxyl groups excluding tert-OH is 1. The number of ether oxygens (including phenoxy) is 1. The van der Waals surface area contributed by atoms with E-state index >= 15 is 0 Å². The van der Waals surface area contributed by atoms with Crippen LogP contribution >= 0.6 is 0 Å². The van der Waals surface area contributed by atoms with E-state index in [1.807, 2.05) is 18.2 Å². The average Bonchev–Trinajstić information content (AvgIpc) is 2.34. The van der Waals surface area contributed by atoms with Crippen molar-refractivity contribution in [3.63, 3.8) is 0 Å². The van der Waals surface area contributed by atoms with E-state index < -0.39 is 12.1 Å². The number of nitrogens with zero attached hydrogens (tertiary/aromatic N) is 1. The summed E-state index contributed by atoms with van der Waals surface area (Å²) in [4.78, 5) is 13.7. The van der Waals surface area contributed by atoms with Gasteiger partial charge in [0, 0.05) is 19.0 Å². The molecule has 1 saturated heterocycles. The third-order valence-electron chi connectivity index (χ3n) is 3.27. The quantitative estimate of drug-likeness (QED) is 0.817. The maximum absolute atomic E-state index is 11.5. The number of esters is 1. The van der Waals surface area contributed by atoms with E-state index in [1.165, 1.54) is 5.56 Å². The third kappa shape index (κ3) is 2.71. The van der Waals surface area contributed by atoms with E-state index in [0.29, 0.717) is 11.5 Å². The first-order valence-electron chi connectivity index (χ1n) is 6.25. The molecule has 1 aromatic carbocycles. The van der Waals surface area contributed by atoms with Crippen molar-refractivity contribution in [3.8, 4) is 0 Å². The predicted octanol–water partition coefficient (Wildman–Crippen LogP) is 1.31. The molecule has 0 bridgehead atoms. The normalized spacial score (nSPS) is 18.2. The highest BCUT2D eigenvalue weighted by atomic mass is 16.5. The second-order valence-corrected chi connectivity index (χ2v) is 4.74. The van der Waals surface area contributed by atoms with Crippen LogP contribution in [-0.4, -0.2) is 42.7 Å². The average molecular weight is 249 g/mol. The Morgan fingerprint density at radius 1 is 1.56 bits per heavy atom. The van der Waals surface area contributed by atoms with Crippen molar-refractivity contribution in [2.75, 3.05) is 26.7 Å². The van der Waals surface area contributed by atoms with Gasteiger partial charge in [-0.3, -0.25) is 0 Å². The number of carbonyl (C=O) groups excluding carboxylic acids is 1. The fourth-order valence-electron chi connectivity index (χ4n) is 2.25. The molecule has 0 aliphatic carbocycles. The number of likely N-dealkylation sites (tertiary alicyclic amines) is 1. The van der Waals surface area contributed by atoms with Gasteiger partial charge in [-0.05, 0) is 25.1 Å². The van der Waals surface area contributed by atoms with Crippen molar-refractivity contribution in [3.05, 3.63) is 35.4 Å². The van der Waals surface area contributed by atoms with Crippen LogP contribution in [0, 0.1) is 0 Å². The molecule has 1 unspecified atom stereocenters. The van der Waals surface area contributed by atoms with Gasteiger partial charge in [-0.25, -0.2) is 4.79 Å². The fourth-order valence-corrected chi connectivity index (χ4v) is 2.25. The molecule has 1 aliphatic heterocycles. The van der Waals surface area contributed by atoms with E-state index in [0.717, 1.165) is 13.1 Å². The first kappa shape index (κ1) is 13.1. The lowest BCUT2D eigenvalue weighted by Gasteiger charge is -2.36. The van der Waals surface area contributed by atoms with Crippen molar-refractivity contribution in [1.82, 2.24) is 4.90 Å². The molecule has 1 N–H and O–H groups in total. The van der Waals surface area contributed by atoms with Crippen LogP contribution in [0.3, 0.4) is 0 Å². The summed E-state index contributed by atoms with van der Waals surface area (Å²) in [5.74, 6) is -0.0790. The molecule has 0 radical (unpaired) electrons. The number of likely N-dealkylation sites (N-methyl/N-ethyl adjacent to an activating group) is 1. The standard InChI is InChI=1S/C14H19NO3/c1-3-18-14(17)13(16)11-6-4-5-10(7-11)12-8-15(2)9-12/h4-7,12-13,16H,3,8-9H2,1-2H3. The van der Waals surface area contributed by atoms with Gasteiger partial charge in [0.25, 0.3) is 0 Å². The molecule has 1 atom stereocenters. The van der Waals surface area contributed by atoms with Crippen LogP contribution in [0.25, 0.3) is 0 Å². The number of benzene rings is 1. The minimum atomic E-state index is -1.18. The molecule has 1 aromatic rings. The van der Waals surface area contributed by atoms with Gasteiger partial charge in [-0.1, -0.05) is 24.3 Å². The van der Waals surface area contributed by atoms with Crippen molar-refractivity contribution in [2.45, 2.75) is 18.9 Å². The Labute approximate surface area is 107 Å². The van der Waals surface area contributed by atoms with Crippen molar-refractivity contribution >= 4 is 5.97 Å². The molecule has 0 aromatic heterocycles. The molecule has 4 nitrogen and oxygen atoms in total. The second-order valence-electron chi connectivity index (χ2n) is 4.74. The summed E-state index contributed by atoms with van der Waals surface area (Å²) in [6, 6.07) is 7.58. The fraction of sp³-hybridized carbons (Fsp3) is 0.500. The zero-order valence-electron chi connectivity index (χ0n) is 10.8. The highest BCUT2D eigenvalue weighted by Gasteiger charge is 2.26. The number of aliphatic hydroxyl groups is 1. The Morgan fingerprint density at radius 3 is 2.89 bits per heavy atom. The summed E-state index contributed by atoms with van der Waals surface area (Å²) < 4.78 is 4.82. The molecule has 0 saturated carbocycles. The Bertz CT molecular complexity index is 427. The third-order valence-corrected chi connectivity index (χ3v) is 3.27. The largest absolute Gasteiger partial charge is 0.464 e. The topological polar surface area (TPSA) is 49.8 Å². The zero-order chi connectivity index (χ0) is 13.1. The molecule has 4 heteroatoms. The van der Waals surface area contributed by atoms with Gasteiger partial charge in [0.1, 0.15) is 0 Å². The molecule has 98 valence electrons. The predicted molar refractivity (Wildman–Crippen MR) is 68.3 cm³/mol. The van der Waals surface area contributed by atoms with Gasteiger partial charge in [-0.15, -0.1) is 0 Å². The van der Waals surface area contributed by atoms with Crippen LogP contribution in [0.4, 0.5) is 0 Å². The molecular weight excluding hydrogens is 230 g/mol. The summed E-state index contributed by atoms with van der Waals surface area (Å²) in [6.07, 6.45) is -1.18. The van der Waals surface area contributed by atoms with E-state index in [9.17, 15) is 9.90 Å². The van der Waals surface area contributed by atoms with E-state index in [1.54, 1.807) is 13.0 Å². The Morgan fingerprint density at radius 2 is 2.28 bits per heavy atom. The van der Waals surface area contributed by atoms with Crippen LogP contribution in [0.1, 0.15) is 30.1 Å². The van der Waals surface area contributed by atoms with Gasteiger partial charge in [0.15, 0.2) is 6.10 Å². The maximum atomic E-state index is 11.5. The Hall–Kier alpha value is -1.39. The van der Waals surface area contributed by atoms with Crippen molar-refractivity contribution in [1.29, 1.82) is 0 Å². The lowest BCUT2D eigenvalue weighted by molar-refractivity contribution is -0.153. The van der Waals surface area contributed by atoms with Gasteiger partial charge in [-0.2, -0.15) is 0 Å². The second kappa shape index (κ2) is 5.50. The maximum Gasteiger partial charge on any atom is 0.339 e. The van der Waals surface area contributed by atoms with Crippen LogP contribution in [-0.2, 0) is 9.53 Å². The molecule has 2 rings (SSSR count). The summed E-state index contributed by atoms with van der Waals surface area (Å²) in [7, 11) is 2.08. The number of rotatable bonds is 4. The van der Waals surface area contributed by atoms with Crippen LogP contribution in [0.15, 0.2) is 24.3 Å². The van der Waals surface area contributed by atoms with Crippen LogP contribution in [0.5, 0.6) is 0 Å². The van der Waals surface area contributed by atoms with E-state index in [4.69, 9.17) is 4.74 Å². The van der Waals surface area contributed by atoms with Gasteiger partial charge in [0.2, 0.25) is 0 Å². The molecule has 0 spiro atoms. The minimum absolute atomic E-state index is 0.281. The van der Waals surface area contributed by atoms with E-state index in [-0.39, 0.29) is 6.61 Å². The number of carbonyl (C=O) groups is 1. The summed E-state index contributed by atoms with van der Waals surface area (Å²) in [5, 5.41) is 9.88. The highest BCUT2D eigenvalue weighted by Crippen LogP contribution is 2.27. The summed E-state index contributed by atoms with van der Waals surface area (Å²) in [5.41, 5.74) is 1.79. The summed E-state index contributed by atoms with van der Waals surface area (Å²) >= 11 is 0. The van der Waals surface area contributed by atoms with Gasteiger partial charge >= 0.3 is 5.97 Å².